The molecule has 0 saturated carbocycles. The van der Waals surface area contributed by atoms with Gasteiger partial charge in [-0.05, 0) is 29.7 Å². The summed E-state index contributed by atoms with van der Waals surface area (Å²) < 4.78 is 5.21. The maximum absolute atomic E-state index is 12.3. The minimum Gasteiger partial charge on any atom is -0.494 e. The molecule has 2 aromatic rings. The molecule has 0 aromatic heterocycles. The largest absolute Gasteiger partial charge is 0.494 e. The van der Waals surface area contributed by atoms with Crippen LogP contribution in [-0.2, 0) is 13.0 Å². The Bertz CT molecular complexity index is 638. The highest BCUT2D eigenvalue weighted by atomic mass is 16.5. The van der Waals surface area contributed by atoms with Crippen LogP contribution in [0.4, 0.5) is 5.69 Å². The zero-order chi connectivity index (χ0) is 15.2. The van der Waals surface area contributed by atoms with Crippen LogP contribution in [0, 0.1) is 0 Å². The van der Waals surface area contributed by atoms with Crippen LogP contribution in [0.25, 0.3) is 0 Å². The number of nitrogens with one attached hydrogen (secondary N) is 1. The lowest BCUT2D eigenvalue weighted by Gasteiger charge is -2.12. The van der Waals surface area contributed by atoms with Gasteiger partial charge in [-0.3, -0.25) is 4.79 Å². The van der Waals surface area contributed by atoms with E-state index >= 15 is 0 Å². The molecular formula is C17H20N2O2. The summed E-state index contributed by atoms with van der Waals surface area (Å²) in [6.45, 7) is 2.59. The molecular weight excluding hydrogens is 264 g/mol. The normalized spacial score (nSPS) is 10.2. The molecule has 1 amide bonds. The fourth-order valence-corrected chi connectivity index (χ4v) is 2.31. The van der Waals surface area contributed by atoms with E-state index in [4.69, 9.17) is 10.5 Å². The average molecular weight is 284 g/mol. The number of carbonyl (C=O) groups is 1. The number of ether oxygens (including phenoxy) is 1. The Morgan fingerprint density at radius 1 is 1.14 bits per heavy atom. The van der Waals surface area contributed by atoms with Crippen LogP contribution in [-0.4, -0.2) is 13.0 Å². The Hall–Kier alpha value is -2.49. The van der Waals surface area contributed by atoms with Crippen molar-refractivity contribution in [2.75, 3.05) is 12.8 Å². The van der Waals surface area contributed by atoms with Crippen LogP contribution in [0.1, 0.15) is 28.4 Å². The molecule has 0 radical (unpaired) electrons. The van der Waals surface area contributed by atoms with Crippen LogP contribution in [0.2, 0.25) is 0 Å². The van der Waals surface area contributed by atoms with E-state index in [9.17, 15) is 4.79 Å². The lowest BCUT2D eigenvalue weighted by atomic mass is 10.1. The highest BCUT2D eigenvalue weighted by Gasteiger charge is 2.14. The molecule has 0 aliphatic carbocycles. The number of nitrogens with two attached hydrogens (primary N) is 1. The summed E-state index contributed by atoms with van der Waals surface area (Å²) in [7, 11) is 1.51. The third kappa shape index (κ3) is 3.34. The van der Waals surface area contributed by atoms with E-state index < -0.39 is 0 Å². The topological polar surface area (TPSA) is 64.4 Å². The van der Waals surface area contributed by atoms with Gasteiger partial charge in [0.05, 0.1) is 18.4 Å². The lowest BCUT2D eigenvalue weighted by molar-refractivity contribution is 0.0948. The second kappa shape index (κ2) is 6.79. The monoisotopic (exact) mass is 284 g/mol. The lowest BCUT2D eigenvalue weighted by Crippen LogP contribution is -2.24. The molecule has 0 aliphatic heterocycles. The Morgan fingerprint density at radius 3 is 2.52 bits per heavy atom. The first-order valence-electron chi connectivity index (χ1n) is 6.94. The summed E-state index contributed by atoms with van der Waals surface area (Å²) in [5.74, 6) is 0.226. The molecule has 0 bridgehead atoms. The van der Waals surface area contributed by atoms with Crippen molar-refractivity contribution in [3.63, 3.8) is 0 Å². The standard InChI is InChI=1S/C17H20N2O2/c1-3-12-7-4-5-8-13(12)11-19-17(20)14-9-6-10-15(18)16(14)21-2/h4-10H,3,11,18H2,1-2H3,(H,19,20). The maximum atomic E-state index is 12.3. The Balaban J connectivity index is 2.14. The number of amides is 1. The third-order valence-corrected chi connectivity index (χ3v) is 3.43. The summed E-state index contributed by atoms with van der Waals surface area (Å²) in [6.07, 6.45) is 0.938. The maximum Gasteiger partial charge on any atom is 0.255 e. The number of hydrogen-bond acceptors (Lipinski definition) is 3. The zero-order valence-corrected chi connectivity index (χ0v) is 12.3. The minimum absolute atomic E-state index is 0.190. The molecule has 0 fully saturated rings. The number of hydrogen-bond donors (Lipinski definition) is 2. The molecule has 0 spiro atoms. The first kappa shape index (κ1) is 14.9. The second-order valence-corrected chi connectivity index (χ2v) is 4.73. The zero-order valence-electron chi connectivity index (χ0n) is 12.3. The van der Waals surface area contributed by atoms with Crippen molar-refractivity contribution < 1.29 is 9.53 Å². The van der Waals surface area contributed by atoms with Gasteiger partial charge < -0.3 is 15.8 Å². The summed E-state index contributed by atoms with van der Waals surface area (Å²) >= 11 is 0. The molecule has 0 saturated heterocycles. The average Bonchev–Trinajstić information content (AvgIpc) is 2.52. The van der Waals surface area contributed by atoms with Crippen LogP contribution in [0.5, 0.6) is 5.75 Å². The molecule has 4 nitrogen and oxygen atoms in total. The van der Waals surface area contributed by atoms with Gasteiger partial charge in [-0.2, -0.15) is 0 Å². The fourth-order valence-electron chi connectivity index (χ4n) is 2.31. The van der Waals surface area contributed by atoms with Crippen LogP contribution in [0.15, 0.2) is 42.5 Å². The van der Waals surface area contributed by atoms with Crippen LogP contribution < -0.4 is 15.8 Å². The van der Waals surface area contributed by atoms with Gasteiger partial charge in [-0.1, -0.05) is 37.3 Å². The molecule has 3 N–H and O–H groups in total. The van der Waals surface area contributed by atoms with Gasteiger partial charge in [0.25, 0.3) is 5.91 Å². The number of para-hydroxylation sites is 1. The minimum atomic E-state index is -0.190. The van der Waals surface area contributed by atoms with Gasteiger partial charge in [0.15, 0.2) is 5.75 Å². The van der Waals surface area contributed by atoms with Gasteiger partial charge in [0.1, 0.15) is 0 Å². The van der Waals surface area contributed by atoms with Crippen molar-refractivity contribution in [2.24, 2.45) is 0 Å². The fraction of sp³-hybridized carbons (Fsp3) is 0.235. The SMILES string of the molecule is CCc1ccccc1CNC(=O)c1cccc(N)c1OC. The van der Waals surface area contributed by atoms with Gasteiger partial charge in [0, 0.05) is 6.54 Å². The Kier molecular flexibility index (Phi) is 4.82. The van der Waals surface area contributed by atoms with Crippen molar-refractivity contribution in [1.82, 2.24) is 5.32 Å². The van der Waals surface area contributed by atoms with Crippen LogP contribution >= 0.6 is 0 Å². The van der Waals surface area contributed by atoms with E-state index in [1.54, 1.807) is 18.2 Å². The molecule has 0 heterocycles. The van der Waals surface area contributed by atoms with Gasteiger partial charge in [0.2, 0.25) is 0 Å². The van der Waals surface area contributed by atoms with E-state index in [0.717, 1.165) is 12.0 Å². The van der Waals surface area contributed by atoms with Crippen molar-refractivity contribution in [3.8, 4) is 5.75 Å². The Morgan fingerprint density at radius 2 is 1.86 bits per heavy atom. The smallest absolute Gasteiger partial charge is 0.255 e. The number of aryl methyl sites for hydroxylation is 1. The molecule has 0 unspecified atom stereocenters. The number of carbonyl (C=O) groups excluding carboxylic acids is 1. The van der Waals surface area contributed by atoms with E-state index in [0.29, 0.717) is 23.5 Å². The third-order valence-electron chi connectivity index (χ3n) is 3.43. The molecule has 2 rings (SSSR count). The molecule has 2 aromatic carbocycles. The molecule has 0 aliphatic rings. The summed E-state index contributed by atoms with van der Waals surface area (Å²) in [5.41, 5.74) is 9.08. The number of nitrogen functional groups attached to an aromatic ring is 1. The summed E-state index contributed by atoms with van der Waals surface area (Å²) in [4.78, 5) is 12.3. The molecule has 4 heteroatoms. The number of rotatable bonds is 5. The van der Waals surface area contributed by atoms with Crippen molar-refractivity contribution >= 4 is 11.6 Å². The summed E-state index contributed by atoms with van der Waals surface area (Å²) in [6, 6.07) is 13.2. The molecule has 21 heavy (non-hydrogen) atoms. The van der Waals surface area contributed by atoms with E-state index in [1.807, 2.05) is 18.2 Å². The van der Waals surface area contributed by atoms with Crippen LogP contribution in [0.3, 0.4) is 0 Å². The van der Waals surface area contributed by atoms with Crippen molar-refractivity contribution in [2.45, 2.75) is 19.9 Å². The van der Waals surface area contributed by atoms with E-state index in [1.165, 1.54) is 12.7 Å². The number of benzene rings is 2. The molecule has 0 atom stereocenters. The molecule has 110 valence electrons. The van der Waals surface area contributed by atoms with Crippen molar-refractivity contribution in [3.05, 3.63) is 59.2 Å². The Labute approximate surface area is 124 Å². The van der Waals surface area contributed by atoms with E-state index in [2.05, 4.69) is 18.3 Å². The second-order valence-electron chi connectivity index (χ2n) is 4.73. The predicted molar refractivity (Wildman–Crippen MR) is 84.4 cm³/mol. The predicted octanol–water partition coefficient (Wildman–Crippen LogP) is 2.77. The first-order valence-corrected chi connectivity index (χ1v) is 6.94. The highest BCUT2D eigenvalue weighted by molar-refractivity contribution is 5.98. The quantitative estimate of drug-likeness (QED) is 0.830. The highest BCUT2D eigenvalue weighted by Crippen LogP contribution is 2.25. The number of methoxy groups -OCH3 is 1. The van der Waals surface area contributed by atoms with Crippen molar-refractivity contribution in [1.29, 1.82) is 0 Å². The van der Waals surface area contributed by atoms with Gasteiger partial charge in [-0.15, -0.1) is 0 Å². The first-order chi connectivity index (χ1) is 10.2. The number of anilines is 1. The summed E-state index contributed by atoms with van der Waals surface area (Å²) in [5, 5.41) is 2.92. The van der Waals surface area contributed by atoms with Gasteiger partial charge in [-0.25, -0.2) is 0 Å². The van der Waals surface area contributed by atoms with Gasteiger partial charge >= 0.3 is 0 Å². The van der Waals surface area contributed by atoms with E-state index in [-0.39, 0.29) is 5.91 Å².